The average molecular weight is 308 g/mol. The highest BCUT2D eigenvalue weighted by Crippen LogP contribution is 2.25. The number of amides is 1. The zero-order chi connectivity index (χ0) is 14.7. The Balaban J connectivity index is 1.54. The monoisotopic (exact) mass is 308 g/mol. The van der Waals surface area contributed by atoms with Gasteiger partial charge < -0.3 is 10.0 Å². The second kappa shape index (κ2) is 6.90. The summed E-state index contributed by atoms with van der Waals surface area (Å²) in [5, 5.41) is 11.1. The van der Waals surface area contributed by atoms with E-state index < -0.39 is 0 Å². The van der Waals surface area contributed by atoms with Gasteiger partial charge in [0.15, 0.2) is 0 Å². The highest BCUT2D eigenvalue weighted by atomic mass is 32.1. The number of aliphatic hydroxyl groups excluding tert-OH is 1. The maximum absolute atomic E-state index is 12.5. The Morgan fingerprint density at radius 2 is 2.33 bits per heavy atom. The summed E-state index contributed by atoms with van der Waals surface area (Å²) in [4.78, 5) is 18.3. The molecule has 1 atom stereocenters. The largest absolute Gasteiger partial charge is 0.396 e. The van der Waals surface area contributed by atoms with Crippen LogP contribution in [0, 0.1) is 0 Å². The average Bonchev–Trinajstić information content (AvgIpc) is 3.13. The van der Waals surface area contributed by atoms with Crippen molar-refractivity contribution in [2.75, 3.05) is 26.2 Å². The first kappa shape index (κ1) is 15.0. The van der Waals surface area contributed by atoms with Crippen molar-refractivity contribution < 1.29 is 9.90 Å². The summed E-state index contributed by atoms with van der Waals surface area (Å²) in [6.07, 6.45) is 5.21. The molecule has 3 rings (SSSR count). The molecular weight excluding hydrogens is 284 g/mol. The minimum absolute atomic E-state index is 0.255. The summed E-state index contributed by atoms with van der Waals surface area (Å²) in [6.45, 7) is 3.48. The molecule has 1 aromatic rings. The van der Waals surface area contributed by atoms with Crippen LogP contribution < -0.4 is 0 Å². The van der Waals surface area contributed by atoms with Gasteiger partial charge in [-0.25, -0.2) is 0 Å². The molecule has 5 heteroatoms. The highest BCUT2D eigenvalue weighted by Gasteiger charge is 2.28. The lowest BCUT2D eigenvalue weighted by atomic mass is 10.1. The van der Waals surface area contributed by atoms with Gasteiger partial charge in [-0.15, -0.1) is 11.3 Å². The molecule has 3 heterocycles. The third-order valence-corrected chi connectivity index (χ3v) is 5.72. The van der Waals surface area contributed by atoms with Crippen molar-refractivity contribution in [2.45, 2.75) is 44.7 Å². The van der Waals surface area contributed by atoms with Crippen LogP contribution in [0.3, 0.4) is 0 Å². The summed E-state index contributed by atoms with van der Waals surface area (Å²) in [5.74, 6) is 0.266. The fourth-order valence-corrected chi connectivity index (χ4v) is 4.38. The van der Waals surface area contributed by atoms with Crippen molar-refractivity contribution >= 4 is 17.2 Å². The SMILES string of the molecule is O=C(CN1CCCC1CCCO)N1CCc2sccc2C1. The van der Waals surface area contributed by atoms with Gasteiger partial charge in [0, 0.05) is 30.6 Å². The second-order valence-corrected chi connectivity index (χ2v) is 7.07. The zero-order valence-corrected chi connectivity index (χ0v) is 13.3. The molecule has 0 aromatic carbocycles. The summed E-state index contributed by atoms with van der Waals surface area (Å²) in [6, 6.07) is 2.64. The number of hydrogen-bond acceptors (Lipinski definition) is 4. The van der Waals surface area contributed by atoms with Gasteiger partial charge in [0.1, 0.15) is 0 Å². The Kier molecular flexibility index (Phi) is 4.93. The van der Waals surface area contributed by atoms with Gasteiger partial charge in [-0.2, -0.15) is 0 Å². The Morgan fingerprint density at radius 1 is 1.43 bits per heavy atom. The van der Waals surface area contributed by atoms with Crippen LogP contribution >= 0.6 is 11.3 Å². The van der Waals surface area contributed by atoms with E-state index in [1.165, 1.54) is 23.3 Å². The molecule has 1 amide bonds. The quantitative estimate of drug-likeness (QED) is 0.903. The van der Waals surface area contributed by atoms with Crippen LogP contribution in [0.2, 0.25) is 0 Å². The molecule has 2 aliphatic rings. The van der Waals surface area contributed by atoms with Crippen LogP contribution in [0.25, 0.3) is 0 Å². The molecule has 4 nitrogen and oxygen atoms in total. The number of carbonyl (C=O) groups excluding carboxylic acids is 1. The van der Waals surface area contributed by atoms with Crippen LogP contribution in [0.1, 0.15) is 36.1 Å². The van der Waals surface area contributed by atoms with E-state index in [-0.39, 0.29) is 12.5 Å². The summed E-state index contributed by atoms with van der Waals surface area (Å²) in [5.41, 5.74) is 1.33. The van der Waals surface area contributed by atoms with Crippen LogP contribution in [0.15, 0.2) is 11.4 Å². The lowest BCUT2D eigenvalue weighted by molar-refractivity contribution is -0.133. The first-order valence-corrected chi connectivity index (χ1v) is 8.84. The number of nitrogens with zero attached hydrogens (tertiary/aromatic N) is 2. The van der Waals surface area contributed by atoms with Crippen LogP contribution in [-0.4, -0.2) is 53.1 Å². The van der Waals surface area contributed by atoms with Crippen LogP contribution in [0.4, 0.5) is 0 Å². The maximum Gasteiger partial charge on any atom is 0.237 e. The van der Waals surface area contributed by atoms with Crippen molar-refractivity contribution in [3.8, 4) is 0 Å². The fraction of sp³-hybridized carbons (Fsp3) is 0.688. The molecule has 0 saturated carbocycles. The van der Waals surface area contributed by atoms with E-state index in [1.54, 1.807) is 0 Å². The third kappa shape index (κ3) is 3.47. The number of carbonyl (C=O) groups is 1. The molecule has 0 radical (unpaired) electrons. The van der Waals surface area contributed by atoms with Gasteiger partial charge in [-0.3, -0.25) is 9.69 Å². The van der Waals surface area contributed by atoms with E-state index in [0.717, 1.165) is 38.9 Å². The molecule has 0 spiro atoms. The van der Waals surface area contributed by atoms with Crippen molar-refractivity contribution in [3.05, 3.63) is 21.9 Å². The topological polar surface area (TPSA) is 43.8 Å². The van der Waals surface area contributed by atoms with Crippen LogP contribution in [-0.2, 0) is 17.8 Å². The molecule has 1 aromatic heterocycles. The number of thiophene rings is 1. The predicted molar refractivity (Wildman–Crippen MR) is 84.4 cm³/mol. The normalized spacial score (nSPS) is 22.5. The van der Waals surface area contributed by atoms with Gasteiger partial charge in [-0.1, -0.05) is 0 Å². The van der Waals surface area contributed by atoms with E-state index in [9.17, 15) is 4.79 Å². The number of aliphatic hydroxyl groups is 1. The van der Waals surface area contributed by atoms with E-state index in [0.29, 0.717) is 12.6 Å². The fourth-order valence-electron chi connectivity index (χ4n) is 3.49. The number of hydrogen-bond donors (Lipinski definition) is 1. The van der Waals surface area contributed by atoms with Crippen molar-refractivity contribution in [1.82, 2.24) is 9.80 Å². The predicted octanol–water partition coefficient (Wildman–Crippen LogP) is 1.87. The zero-order valence-electron chi connectivity index (χ0n) is 12.5. The van der Waals surface area contributed by atoms with Crippen molar-refractivity contribution in [1.29, 1.82) is 0 Å². The molecule has 1 fully saturated rings. The third-order valence-electron chi connectivity index (χ3n) is 4.69. The summed E-state index contributed by atoms with van der Waals surface area (Å²) >= 11 is 1.81. The molecule has 21 heavy (non-hydrogen) atoms. The molecule has 1 N–H and O–H groups in total. The molecule has 2 aliphatic heterocycles. The maximum atomic E-state index is 12.5. The van der Waals surface area contributed by atoms with E-state index in [1.807, 2.05) is 16.2 Å². The number of likely N-dealkylation sites (tertiary alicyclic amines) is 1. The molecular formula is C16H24N2O2S. The minimum atomic E-state index is 0.255. The molecule has 1 unspecified atom stereocenters. The summed E-state index contributed by atoms with van der Waals surface area (Å²) in [7, 11) is 0. The van der Waals surface area contributed by atoms with Crippen molar-refractivity contribution in [2.24, 2.45) is 0 Å². The Bertz CT molecular complexity index is 488. The van der Waals surface area contributed by atoms with Crippen LogP contribution in [0.5, 0.6) is 0 Å². The molecule has 1 saturated heterocycles. The minimum Gasteiger partial charge on any atom is -0.396 e. The highest BCUT2D eigenvalue weighted by molar-refractivity contribution is 7.10. The van der Waals surface area contributed by atoms with Crippen molar-refractivity contribution in [3.63, 3.8) is 0 Å². The Morgan fingerprint density at radius 3 is 3.19 bits per heavy atom. The molecule has 0 aliphatic carbocycles. The Hall–Kier alpha value is -0.910. The Labute approximate surface area is 130 Å². The molecule has 0 bridgehead atoms. The van der Waals surface area contributed by atoms with Gasteiger partial charge in [0.05, 0.1) is 6.54 Å². The smallest absolute Gasteiger partial charge is 0.237 e. The van der Waals surface area contributed by atoms with E-state index >= 15 is 0 Å². The first-order valence-electron chi connectivity index (χ1n) is 7.96. The summed E-state index contributed by atoms with van der Waals surface area (Å²) < 4.78 is 0. The van der Waals surface area contributed by atoms with E-state index in [2.05, 4.69) is 16.3 Å². The first-order chi connectivity index (χ1) is 10.3. The van der Waals surface area contributed by atoms with E-state index in [4.69, 9.17) is 5.11 Å². The van der Waals surface area contributed by atoms with Gasteiger partial charge in [0.2, 0.25) is 5.91 Å². The van der Waals surface area contributed by atoms with Gasteiger partial charge >= 0.3 is 0 Å². The number of fused-ring (bicyclic) bond motifs is 1. The number of rotatable bonds is 5. The van der Waals surface area contributed by atoms with Gasteiger partial charge in [0.25, 0.3) is 0 Å². The second-order valence-electron chi connectivity index (χ2n) is 6.07. The lowest BCUT2D eigenvalue weighted by Gasteiger charge is -2.30. The molecule has 116 valence electrons. The lowest BCUT2D eigenvalue weighted by Crippen LogP contribution is -2.43. The van der Waals surface area contributed by atoms with Gasteiger partial charge in [-0.05, 0) is 55.7 Å². The standard InChI is InChI=1S/C16H24N2O2S/c19-9-2-4-14-3-1-7-17(14)12-16(20)18-8-5-15-13(11-18)6-10-21-15/h6,10,14,19H,1-5,7-9,11-12H2.